The monoisotopic (exact) mass is 1010 g/mol. The van der Waals surface area contributed by atoms with E-state index in [0.717, 1.165) is 59.8 Å². The van der Waals surface area contributed by atoms with Crippen molar-refractivity contribution in [2.45, 2.75) is 59.3 Å². The normalized spacial score (nSPS) is 12.7. The second kappa shape index (κ2) is 13.9. The van der Waals surface area contributed by atoms with Crippen LogP contribution in [0.4, 0.5) is 0 Å². The topological polar surface area (TPSA) is 41.3 Å². The number of pyridine rings is 1. The van der Waals surface area contributed by atoms with Crippen LogP contribution in [0.3, 0.4) is 0 Å². The molecule has 5 aromatic heterocycles. The molecule has 7 aromatic carbocycles. The van der Waals surface area contributed by atoms with Crippen LogP contribution in [0.25, 0.3) is 88.1 Å². The Hall–Kier alpha value is -6.75. The van der Waals surface area contributed by atoms with Gasteiger partial charge in [-0.3, -0.25) is 0 Å². The minimum Gasteiger partial charge on any atom is 0.0620 e. The Balaban J connectivity index is 1.01. The van der Waals surface area contributed by atoms with E-state index in [4.69, 9.17) is 9.72 Å². The summed E-state index contributed by atoms with van der Waals surface area (Å²) in [5, 5.41) is 7.41. The molecule has 0 aliphatic rings. The molecule has 6 nitrogen and oxygen atoms in total. The Labute approximate surface area is 382 Å². The van der Waals surface area contributed by atoms with Crippen LogP contribution in [0.1, 0.15) is 58.2 Å². The summed E-state index contributed by atoms with van der Waals surface area (Å²) in [4.78, 5) is 4.91. The van der Waals surface area contributed by atoms with Crippen molar-refractivity contribution in [1.29, 1.82) is 0 Å². The Morgan fingerprint density at radius 2 is 1.08 bits per heavy atom. The van der Waals surface area contributed by atoms with E-state index in [9.17, 15) is 0 Å². The van der Waals surface area contributed by atoms with E-state index in [1.54, 1.807) is 0 Å². The zero-order valence-corrected chi connectivity index (χ0v) is 39.2. The SMILES string of the molecule is Cc1ccc(-n2[c](=[Pt])n(-c3cc(C(C)(C)C)cc(C(C)(C)C)c3)c3ccccc32)cc1Oc1ccc2c3cc4c5cccc6c7ccccc7n(c4cc3n(-c3ccccn3)c2c1)c65. The maximum Gasteiger partial charge on any atom is 0.0620 e. The van der Waals surface area contributed by atoms with Crippen molar-refractivity contribution in [1.82, 2.24) is 23.1 Å². The van der Waals surface area contributed by atoms with Gasteiger partial charge in [-0.15, -0.1) is 0 Å². The summed E-state index contributed by atoms with van der Waals surface area (Å²) in [6, 6.07) is 55.2. The molecule has 0 fully saturated rings. The molecule has 0 radical (unpaired) electrons. The summed E-state index contributed by atoms with van der Waals surface area (Å²) in [6.45, 7) is 15.9. The van der Waals surface area contributed by atoms with Crippen molar-refractivity contribution in [3.63, 3.8) is 0 Å². The van der Waals surface area contributed by atoms with Crippen LogP contribution in [0, 0.1) is 10.7 Å². The third kappa shape index (κ3) is 5.81. The molecule has 64 heavy (non-hydrogen) atoms. The van der Waals surface area contributed by atoms with Crippen molar-refractivity contribution >= 4 is 70.9 Å². The first kappa shape index (κ1) is 38.9. The maximum absolute atomic E-state index is 6.96. The van der Waals surface area contributed by atoms with Gasteiger partial charge < -0.3 is 4.40 Å². The Morgan fingerprint density at radius 3 is 1.78 bits per heavy atom. The summed E-state index contributed by atoms with van der Waals surface area (Å²) in [5.41, 5.74) is 14.0. The molecule has 0 bridgehead atoms. The van der Waals surface area contributed by atoms with E-state index in [1.165, 1.54) is 60.3 Å². The van der Waals surface area contributed by atoms with E-state index in [-0.39, 0.29) is 10.8 Å². The number of aromatic nitrogens is 5. The van der Waals surface area contributed by atoms with Crippen LogP contribution in [-0.4, -0.2) is 23.1 Å². The van der Waals surface area contributed by atoms with Crippen LogP contribution in [-0.2, 0) is 30.2 Å². The van der Waals surface area contributed by atoms with Gasteiger partial charge in [0.25, 0.3) is 0 Å². The largest absolute Gasteiger partial charge is 0.0620 e. The molecule has 12 aromatic rings. The number of hydrogen-bond acceptors (Lipinski definition) is 2. The van der Waals surface area contributed by atoms with Crippen LogP contribution in [0.15, 0.2) is 158 Å². The molecule has 0 unspecified atom stereocenters. The van der Waals surface area contributed by atoms with Gasteiger partial charge in [0, 0.05) is 27.7 Å². The molecule has 0 N–H and O–H groups in total. The van der Waals surface area contributed by atoms with Gasteiger partial charge in [0.2, 0.25) is 0 Å². The second-order valence-electron chi connectivity index (χ2n) is 19.4. The number of rotatable bonds is 5. The van der Waals surface area contributed by atoms with Gasteiger partial charge in [-0.2, -0.15) is 0 Å². The number of para-hydroxylation sites is 4. The van der Waals surface area contributed by atoms with Gasteiger partial charge in [0.05, 0.1) is 16.6 Å². The van der Waals surface area contributed by atoms with Gasteiger partial charge >= 0.3 is 281 Å². The van der Waals surface area contributed by atoms with Crippen molar-refractivity contribution in [2.24, 2.45) is 0 Å². The molecule has 12 rings (SSSR count). The van der Waals surface area contributed by atoms with Crippen molar-refractivity contribution in [2.75, 3.05) is 0 Å². The zero-order chi connectivity index (χ0) is 43.8. The van der Waals surface area contributed by atoms with Crippen molar-refractivity contribution in [3.05, 3.63) is 178 Å². The van der Waals surface area contributed by atoms with Gasteiger partial charge in [0.1, 0.15) is 0 Å². The van der Waals surface area contributed by atoms with Crippen molar-refractivity contribution < 1.29 is 24.1 Å². The van der Waals surface area contributed by atoms with Crippen LogP contribution < -0.4 is 4.74 Å². The fourth-order valence-corrected chi connectivity index (χ4v) is 11.0. The fourth-order valence-electron chi connectivity index (χ4n) is 9.89. The first-order valence-corrected chi connectivity index (χ1v) is 23.2. The first-order chi connectivity index (χ1) is 30.8. The molecular weight excluding hydrogens is 966 g/mol. The predicted molar refractivity (Wildman–Crippen MR) is 261 cm³/mol. The minimum atomic E-state index is -0.00385. The molecule has 0 saturated carbocycles. The van der Waals surface area contributed by atoms with Crippen LogP contribution >= 0.6 is 0 Å². The number of imidazole rings is 1. The van der Waals surface area contributed by atoms with Crippen LogP contribution in [0.2, 0.25) is 0 Å². The van der Waals surface area contributed by atoms with E-state index in [2.05, 4.69) is 232 Å². The Kier molecular flexibility index (Phi) is 8.43. The quantitative estimate of drug-likeness (QED) is 0.172. The van der Waals surface area contributed by atoms with Crippen LogP contribution in [0.5, 0.6) is 11.5 Å². The Bertz CT molecular complexity index is 3890. The van der Waals surface area contributed by atoms with E-state index >= 15 is 0 Å². The summed E-state index contributed by atoms with van der Waals surface area (Å²) < 4.78 is 17.5. The molecular formula is C57H47N5OPt. The third-order valence-corrected chi connectivity index (χ3v) is 14.2. The average molecular weight is 1010 g/mol. The standard InChI is InChI=1S/C57H47N5O.Pt/c1-35-22-23-38(59-34-60(49-20-11-10-19-48(49)59)39-28-36(56(2,3)4)27-37(29-39)57(5,6)7)30-53(35)63-40-24-25-42-45-32-46-44-17-14-16-43-41-15-8-9-18-47(41)62(55(43)44)52(46)33-51(45)61(50(42)31-40)54-21-12-13-26-58-54;/h8-33H,1-7H3;. The molecule has 0 aliphatic heterocycles. The van der Waals surface area contributed by atoms with Gasteiger partial charge in [0.15, 0.2) is 0 Å². The first-order valence-electron chi connectivity index (χ1n) is 22.0. The van der Waals surface area contributed by atoms with E-state index in [1.807, 2.05) is 12.3 Å². The number of fused-ring (bicyclic) bond motifs is 10. The zero-order valence-electron chi connectivity index (χ0n) is 37.0. The number of nitrogens with zero attached hydrogens (tertiary/aromatic N) is 5. The summed E-state index contributed by atoms with van der Waals surface area (Å²) in [6.07, 6.45) is 1.87. The van der Waals surface area contributed by atoms with Gasteiger partial charge in [-0.25, -0.2) is 0 Å². The number of hydrogen-bond donors (Lipinski definition) is 0. The molecule has 0 atom stereocenters. The molecule has 0 aliphatic carbocycles. The number of aryl methyl sites for hydroxylation is 1. The summed E-state index contributed by atoms with van der Waals surface area (Å²) in [7, 11) is 0. The average Bonchev–Trinajstić information content (AvgIpc) is 3.99. The van der Waals surface area contributed by atoms with E-state index in [0.29, 0.717) is 0 Å². The number of ether oxygens (including phenoxy) is 1. The molecule has 5 heterocycles. The molecule has 0 spiro atoms. The summed E-state index contributed by atoms with van der Waals surface area (Å²) >= 11 is 2.50. The van der Waals surface area contributed by atoms with Crippen molar-refractivity contribution in [3.8, 4) is 28.7 Å². The fraction of sp³-hybridized carbons (Fsp3) is 0.158. The predicted octanol–water partition coefficient (Wildman–Crippen LogP) is 14.8. The number of benzene rings is 7. The van der Waals surface area contributed by atoms with E-state index < -0.39 is 0 Å². The van der Waals surface area contributed by atoms with Gasteiger partial charge in [-0.05, 0) is 12.1 Å². The molecule has 316 valence electrons. The maximum atomic E-state index is 6.96. The Morgan fingerprint density at radius 1 is 0.469 bits per heavy atom. The molecule has 7 heteroatoms. The smallest absolute Gasteiger partial charge is 0.0620 e. The molecule has 0 amide bonds. The molecule has 0 saturated heterocycles. The summed E-state index contributed by atoms with van der Waals surface area (Å²) in [5.74, 6) is 2.43. The second-order valence-corrected chi connectivity index (χ2v) is 20.4. The van der Waals surface area contributed by atoms with Gasteiger partial charge in [-0.1, -0.05) is 42.5 Å². The third-order valence-electron chi connectivity index (χ3n) is 13.2. The minimum absolute atomic E-state index is 0.00385.